The van der Waals surface area contributed by atoms with Crippen molar-refractivity contribution in [2.45, 2.75) is 40.2 Å². The maximum atomic E-state index is 12.6. The number of hydrogen-bond acceptors (Lipinski definition) is 4. The van der Waals surface area contributed by atoms with Gasteiger partial charge in [0.1, 0.15) is 17.4 Å². The van der Waals surface area contributed by atoms with E-state index in [1.54, 1.807) is 20.3 Å². The Kier molecular flexibility index (Phi) is 8.25. The Bertz CT molecular complexity index is 967. The van der Waals surface area contributed by atoms with Crippen molar-refractivity contribution < 1.29 is 14.3 Å². The van der Waals surface area contributed by atoms with Crippen molar-refractivity contribution in [3.05, 3.63) is 57.9 Å². The molecule has 6 heteroatoms. The Morgan fingerprint density at radius 1 is 1.27 bits per heavy atom. The molecule has 1 aromatic carbocycles. The Labute approximate surface area is 179 Å². The first kappa shape index (κ1) is 23.2. The Balaban J connectivity index is 2.12. The van der Waals surface area contributed by atoms with Gasteiger partial charge in [-0.2, -0.15) is 5.26 Å². The first-order valence-electron chi connectivity index (χ1n) is 10.0. The van der Waals surface area contributed by atoms with Gasteiger partial charge in [-0.3, -0.25) is 4.79 Å². The molecule has 6 nitrogen and oxygen atoms in total. The van der Waals surface area contributed by atoms with E-state index in [1.807, 2.05) is 51.1 Å². The zero-order valence-electron chi connectivity index (χ0n) is 18.7. The van der Waals surface area contributed by atoms with Gasteiger partial charge in [0, 0.05) is 25.0 Å². The Morgan fingerprint density at radius 2 is 2.00 bits per heavy atom. The molecule has 0 radical (unpaired) electrons. The molecule has 160 valence electrons. The number of methoxy groups -OCH3 is 2. The molecule has 0 aliphatic carbocycles. The molecule has 2 rings (SSSR count). The SMILES string of the molecule is COCC(C)n1c(C)cc(/C=C(\C#N)C(=O)NCCc2cc(C)ccc2OC)c1C. The lowest BCUT2D eigenvalue weighted by atomic mass is 10.1. The van der Waals surface area contributed by atoms with E-state index in [4.69, 9.17) is 9.47 Å². The highest BCUT2D eigenvalue weighted by molar-refractivity contribution is 6.01. The van der Waals surface area contributed by atoms with Crippen molar-refractivity contribution in [1.29, 1.82) is 5.26 Å². The van der Waals surface area contributed by atoms with Crippen LogP contribution >= 0.6 is 0 Å². The summed E-state index contributed by atoms with van der Waals surface area (Å²) in [6, 6.07) is 10.1. The van der Waals surface area contributed by atoms with E-state index in [0.29, 0.717) is 19.6 Å². The van der Waals surface area contributed by atoms with Crippen LogP contribution in [0.25, 0.3) is 6.08 Å². The summed E-state index contributed by atoms with van der Waals surface area (Å²) < 4.78 is 12.8. The van der Waals surface area contributed by atoms with Crippen molar-refractivity contribution in [3.63, 3.8) is 0 Å². The van der Waals surface area contributed by atoms with Crippen molar-refractivity contribution in [2.24, 2.45) is 0 Å². The van der Waals surface area contributed by atoms with Crippen LogP contribution in [-0.4, -0.2) is 37.8 Å². The largest absolute Gasteiger partial charge is 0.496 e. The second kappa shape index (κ2) is 10.7. The molecule has 0 saturated heterocycles. The van der Waals surface area contributed by atoms with Gasteiger partial charge in [0.2, 0.25) is 0 Å². The van der Waals surface area contributed by atoms with Gasteiger partial charge < -0.3 is 19.4 Å². The molecule has 1 amide bonds. The smallest absolute Gasteiger partial charge is 0.261 e. The van der Waals surface area contributed by atoms with Crippen molar-refractivity contribution in [1.82, 2.24) is 9.88 Å². The molecule has 0 spiro atoms. The summed E-state index contributed by atoms with van der Waals surface area (Å²) in [4.78, 5) is 12.6. The summed E-state index contributed by atoms with van der Waals surface area (Å²) in [5.74, 6) is 0.419. The van der Waals surface area contributed by atoms with E-state index in [1.165, 1.54) is 0 Å². The minimum absolute atomic E-state index is 0.0888. The lowest BCUT2D eigenvalue weighted by Gasteiger charge is -2.17. The first-order chi connectivity index (χ1) is 14.3. The van der Waals surface area contributed by atoms with Gasteiger partial charge in [-0.15, -0.1) is 0 Å². The van der Waals surface area contributed by atoms with E-state index in [9.17, 15) is 10.1 Å². The molecule has 30 heavy (non-hydrogen) atoms. The number of nitrogens with zero attached hydrogens (tertiary/aromatic N) is 2. The number of aryl methyl sites for hydroxylation is 2. The van der Waals surface area contributed by atoms with Crippen LogP contribution < -0.4 is 10.1 Å². The average Bonchev–Trinajstić information content (AvgIpc) is 2.99. The molecule has 0 fully saturated rings. The molecule has 1 heterocycles. The van der Waals surface area contributed by atoms with Gasteiger partial charge in [0.15, 0.2) is 0 Å². The minimum Gasteiger partial charge on any atom is -0.496 e. The quantitative estimate of drug-likeness (QED) is 0.503. The normalized spacial score (nSPS) is 12.4. The van der Waals surface area contributed by atoms with Crippen LogP contribution in [0.3, 0.4) is 0 Å². The zero-order valence-corrected chi connectivity index (χ0v) is 18.7. The zero-order chi connectivity index (χ0) is 22.3. The summed E-state index contributed by atoms with van der Waals surface area (Å²) >= 11 is 0. The van der Waals surface area contributed by atoms with Crippen LogP contribution in [0.2, 0.25) is 0 Å². The Morgan fingerprint density at radius 3 is 2.63 bits per heavy atom. The predicted octanol–water partition coefficient (Wildman–Crippen LogP) is 3.90. The highest BCUT2D eigenvalue weighted by Crippen LogP contribution is 2.23. The fourth-order valence-electron chi connectivity index (χ4n) is 3.76. The molecule has 1 N–H and O–H groups in total. The fraction of sp³-hybridized carbons (Fsp3) is 0.417. The van der Waals surface area contributed by atoms with Crippen molar-refractivity contribution in [3.8, 4) is 11.8 Å². The van der Waals surface area contributed by atoms with Gasteiger partial charge in [-0.25, -0.2) is 0 Å². The van der Waals surface area contributed by atoms with E-state index in [0.717, 1.165) is 33.8 Å². The third kappa shape index (κ3) is 5.52. The summed E-state index contributed by atoms with van der Waals surface area (Å²) in [6.07, 6.45) is 2.28. The monoisotopic (exact) mass is 409 g/mol. The number of ether oxygens (including phenoxy) is 2. The van der Waals surface area contributed by atoms with E-state index < -0.39 is 0 Å². The second-order valence-electron chi connectivity index (χ2n) is 7.49. The number of carbonyl (C=O) groups excluding carboxylic acids is 1. The maximum Gasteiger partial charge on any atom is 0.261 e. The van der Waals surface area contributed by atoms with Crippen LogP contribution in [0.1, 0.15) is 41.0 Å². The minimum atomic E-state index is -0.376. The molecule has 0 aliphatic rings. The first-order valence-corrected chi connectivity index (χ1v) is 10.0. The molecule has 0 bridgehead atoms. The number of nitriles is 1. The van der Waals surface area contributed by atoms with E-state index >= 15 is 0 Å². The van der Waals surface area contributed by atoms with Crippen LogP contribution in [0, 0.1) is 32.1 Å². The number of rotatable bonds is 9. The standard InChI is InChI=1S/C24H31N3O3/c1-16-7-8-23(30-6)20(11-16)9-10-26-24(28)22(14-25)13-21-12-17(2)27(19(21)4)18(3)15-29-5/h7-8,11-13,18H,9-10,15H2,1-6H3,(H,26,28)/b22-13+. The van der Waals surface area contributed by atoms with Gasteiger partial charge in [-0.1, -0.05) is 17.7 Å². The van der Waals surface area contributed by atoms with Gasteiger partial charge >= 0.3 is 0 Å². The highest BCUT2D eigenvalue weighted by Gasteiger charge is 2.16. The molecule has 1 unspecified atom stereocenters. The summed E-state index contributed by atoms with van der Waals surface area (Å²) in [6.45, 7) is 9.10. The molecule has 1 aromatic heterocycles. The summed E-state index contributed by atoms with van der Waals surface area (Å²) in [7, 11) is 3.31. The lowest BCUT2D eigenvalue weighted by molar-refractivity contribution is -0.117. The third-order valence-corrected chi connectivity index (χ3v) is 5.15. The average molecular weight is 410 g/mol. The summed E-state index contributed by atoms with van der Waals surface area (Å²) in [5, 5.41) is 12.4. The van der Waals surface area contributed by atoms with E-state index in [2.05, 4.69) is 16.8 Å². The number of nitrogens with one attached hydrogen (secondary N) is 1. The highest BCUT2D eigenvalue weighted by atomic mass is 16.5. The van der Waals surface area contributed by atoms with Crippen LogP contribution in [-0.2, 0) is 16.0 Å². The van der Waals surface area contributed by atoms with Gasteiger partial charge in [0.25, 0.3) is 5.91 Å². The molecule has 2 aromatic rings. The topological polar surface area (TPSA) is 76.3 Å². The second-order valence-corrected chi connectivity index (χ2v) is 7.49. The lowest BCUT2D eigenvalue weighted by Crippen LogP contribution is -2.26. The molecule has 0 aliphatic heterocycles. The molecular weight excluding hydrogens is 378 g/mol. The van der Waals surface area contributed by atoms with Crippen LogP contribution in [0.4, 0.5) is 0 Å². The fourth-order valence-corrected chi connectivity index (χ4v) is 3.76. The van der Waals surface area contributed by atoms with Crippen molar-refractivity contribution in [2.75, 3.05) is 27.4 Å². The van der Waals surface area contributed by atoms with Crippen molar-refractivity contribution >= 4 is 12.0 Å². The number of aromatic nitrogens is 1. The maximum absolute atomic E-state index is 12.6. The van der Waals surface area contributed by atoms with Gasteiger partial charge in [0.05, 0.1) is 19.8 Å². The molecular formula is C24H31N3O3. The van der Waals surface area contributed by atoms with Crippen LogP contribution in [0.15, 0.2) is 29.8 Å². The number of benzene rings is 1. The molecule has 1 atom stereocenters. The third-order valence-electron chi connectivity index (χ3n) is 5.15. The molecule has 0 saturated carbocycles. The van der Waals surface area contributed by atoms with E-state index in [-0.39, 0.29) is 17.5 Å². The Hall–Kier alpha value is -3.04. The number of hydrogen-bond donors (Lipinski definition) is 1. The van der Waals surface area contributed by atoms with Crippen LogP contribution in [0.5, 0.6) is 5.75 Å². The predicted molar refractivity (Wildman–Crippen MR) is 119 cm³/mol. The number of amides is 1. The van der Waals surface area contributed by atoms with Gasteiger partial charge in [-0.05, 0) is 63.5 Å². The summed E-state index contributed by atoms with van der Waals surface area (Å²) in [5.41, 5.74) is 5.17. The number of carbonyl (C=O) groups is 1.